The van der Waals surface area contributed by atoms with Gasteiger partial charge in [-0.25, -0.2) is 4.39 Å². The average Bonchev–Trinajstić information content (AvgIpc) is 3.41. The maximum atomic E-state index is 13.6. The van der Waals surface area contributed by atoms with E-state index in [1.807, 2.05) is 53.9 Å². The minimum absolute atomic E-state index is 0.0369. The minimum atomic E-state index is -0.302. The molecule has 0 aliphatic heterocycles. The monoisotopic (exact) mass is 490 g/mol. The second-order valence-corrected chi connectivity index (χ2v) is 9.99. The summed E-state index contributed by atoms with van der Waals surface area (Å²) in [4.78, 5) is 31.5. The highest BCUT2D eigenvalue weighted by atomic mass is 32.1. The van der Waals surface area contributed by atoms with Crippen molar-refractivity contribution in [3.05, 3.63) is 100 Å². The Morgan fingerprint density at radius 3 is 2.34 bits per heavy atom. The number of benzene rings is 2. The largest absolute Gasteiger partial charge is 0.332 e. The van der Waals surface area contributed by atoms with E-state index in [0.29, 0.717) is 13.1 Å². The molecule has 0 N–H and O–H groups in total. The van der Waals surface area contributed by atoms with Crippen molar-refractivity contribution in [2.24, 2.45) is 0 Å². The lowest BCUT2D eigenvalue weighted by atomic mass is 9.94. The van der Waals surface area contributed by atoms with Crippen LogP contribution in [0.1, 0.15) is 48.1 Å². The van der Waals surface area contributed by atoms with Crippen LogP contribution in [-0.4, -0.2) is 34.2 Å². The number of nitrogens with zero attached hydrogens (tertiary/aromatic N) is 2. The standard InChI is InChI=1S/C29H31FN2O2S/c30-25-16-13-24(14-17-25)20-31(21-27-12-7-19-35-27)29(34)22-32(26-10-5-2-6-11-26)28(33)18-15-23-8-3-1-4-9-23/h1,3-4,7-9,12-19,26H,2,5-6,10-11,20-22H2. The molecule has 2 aromatic carbocycles. The van der Waals surface area contributed by atoms with E-state index < -0.39 is 0 Å². The molecule has 0 spiro atoms. The highest BCUT2D eigenvalue weighted by molar-refractivity contribution is 7.09. The average molecular weight is 491 g/mol. The van der Waals surface area contributed by atoms with E-state index >= 15 is 0 Å². The lowest BCUT2D eigenvalue weighted by Gasteiger charge is -2.35. The lowest BCUT2D eigenvalue weighted by molar-refractivity contribution is -0.141. The molecule has 0 radical (unpaired) electrons. The maximum absolute atomic E-state index is 13.6. The molecule has 4 nitrogen and oxygen atoms in total. The summed E-state index contributed by atoms with van der Waals surface area (Å²) in [6.07, 6.45) is 8.54. The summed E-state index contributed by atoms with van der Waals surface area (Å²) in [6, 6.07) is 20.0. The molecule has 0 saturated heterocycles. The summed E-state index contributed by atoms with van der Waals surface area (Å²) in [7, 11) is 0. The lowest BCUT2D eigenvalue weighted by Crippen LogP contribution is -2.47. The fourth-order valence-corrected chi connectivity index (χ4v) is 5.21. The molecule has 0 bridgehead atoms. The molecule has 1 heterocycles. The quantitative estimate of drug-likeness (QED) is 0.331. The van der Waals surface area contributed by atoms with Crippen molar-refractivity contribution in [2.45, 2.75) is 51.2 Å². The van der Waals surface area contributed by atoms with Gasteiger partial charge in [0.05, 0.1) is 6.54 Å². The van der Waals surface area contributed by atoms with E-state index in [9.17, 15) is 14.0 Å². The van der Waals surface area contributed by atoms with E-state index in [-0.39, 0.29) is 30.2 Å². The first-order valence-corrected chi connectivity index (χ1v) is 13.0. The molecule has 182 valence electrons. The minimum Gasteiger partial charge on any atom is -0.332 e. The number of amides is 2. The van der Waals surface area contributed by atoms with Gasteiger partial charge in [-0.15, -0.1) is 11.3 Å². The van der Waals surface area contributed by atoms with Crippen LogP contribution < -0.4 is 0 Å². The second-order valence-electron chi connectivity index (χ2n) is 8.96. The maximum Gasteiger partial charge on any atom is 0.247 e. The summed E-state index contributed by atoms with van der Waals surface area (Å²) in [6.45, 7) is 0.860. The summed E-state index contributed by atoms with van der Waals surface area (Å²) >= 11 is 1.60. The van der Waals surface area contributed by atoms with Gasteiger partial charge >= 0.3 is 0 Å². The van der Waals surface area contributed by atoms with Gasteiger partial charge in [0, 0.05) is 23.5 Å². The molecule has 4 rings (SSSR count). The number of carbonyl (C=O) groups is 2. The highest BCUT2D eigenvalue weighted by Crippen LogP contribution is 2.24. The van der Waals surface area contributed by atoms with Crippen LogP contribution in [0.2, 0.25) is 0 Å². The normalized spacial score (nSPS) is 14.2. The number of halogens is 1. The van der Waals surface area contributed by atoms with Gasteiger partial charge in [0.1, 0.15) is 12.4 Å². The fourth-order valence-electron chi connectivity index (χ4n) is 4.49. The summed E-state index contributed by atoms with van der Waals surface area (Å²) in [5.41, 5.74) is 1.81. The van der Waals surface area contributed by atoms with Crippen LogP contribution in [0, 0.1) is 5.82 Å². The van der Waals surface area contributed by atoms with Crippen LogP contribution >= 0.6 is 11.3 Å². The molecule has 1 fully saturated rings. The van der Waals surface area contributed by atoms with Crippen molar-refractivity contribution >= 4 is 29.2 Å². The van der Waals surface area contributed by atoms with Crippen molar-refractivity contribution in [2.75, 3.05) is 6.54 Å². The van der Waals surface area contributed by atoms with Gasteiger partial charge in [0.2, 0.25) is 11.8 Å². The third kappa shape index (κ3) is 7.36. The molecule has 1 saturated carbocycles. The first kappa shape index (κ1) is 24.9. The Hall–Kier alpha value is -3.25. The molecule has 1 aromatic heterocycles. The van der Waals surface area contributed by atoms with E-state index in [1.165, 1.54) is 18.6 Å². The third-order valence-corrected chi connectivity index (χ3v) is 7.25. The smallest absolute Gasteiger partial charge is 0.247 e. The predicted molar refractivity (Wildman–Crippen MR) is 139 cm³/mol. The molecule has 1 aliphatic carbocycles. The van der Waals surface area contributed by atoms with E-state index in [4.69, 9.17) is 0 Å². The molecule has 35 heavy (non-hydrogen) atoms. The third-order valence-electron chi connectivity index (χ3n) is 6.39. The van der Waals surface area contributed by atoms with Crippen LogP contribution in [0.15, 0.2) is 78.2 Å². The van der Waals surface area contributed by atoms with Crippen LogP contribution in [0.5, 0.6) is 0 Å². The van der Waals surface area contributed by atoms with Crippen molar-refractivity contribution in [1.29, 1.82) is 0 Å². The number of hydrogen-bond donors (Lipinski definition) is 0. The van der Waals surface area contributed by atoms with Crippen molar-refractivity contribution in [1.82, 2.24) is 9.80 Å². The SMILES string of the molecule is O=C(CN(C(=O)C=Cc1ccccc1)C1CCCCC1)N(Cc1ccc(F)cc1)Cc1cccs1. The molecule has 6 heteroatoms. The second kappa shape index (κ2) is 12.5. The predicted octanol–water partition coefficient (Wildman–Crippen LogP) is 6.29. The van der Waals surface area contributed by atoms with Gasteiger partial charge in [0.15, 0.2) is 0 Å². The topological polar surface area (TPSA) is 40.6 Å². The Balaban J connectivity index is 1.53. The summed E-state index contributed by atoms with van der Waals surface area (Å²) < 4.78 is 13.4. The molecule has 0 unspecified atom stereocenters. The van der Waals surface area contributed by atoms with E-state index in [0.717, 1.165) is 41.7 Å². The first-order valence-electron chi connectivity index (χ1n) is 12.2. The van der Waals surface area contributed by atoms with Gasteiger partial charge < -0.3 is 9.80 Å². The highest BCUT2D eigenvalue weighted by Gasteiger charge is 2.28. The van der Waals surface area contributed by atoms with E-state index in [1.54, 1.807) is 39.3 Å². The van der Waals surface area contributed by atoms with Crippen molar-refractivity contribution in [3.63, 3.8) is 0 Å². The Kier molecular flexibility index (Phi) is 8.85. The molecule has 3 aromatic rings. The number of hydrogen-bond acceptors (Lipinski definition) is 3. The van der Waals surface area contributed by atoms with Gasteiger partial charge in [-0.3, -0.25) is 9.59 Å². The van der Waals surface area contributed by atoms with Gasteiger partial charge in [-0.2, -0.15) is 0 Å². The van der Waals surface area contributed by atoms with Crippen LogP contribution in [0.25, 0.3) is 6.08 Å². The van der Waals surface area contributed by atoms with Crippen LogP contribution in [-0.2, 0) is 22.7 Å². The van der Waals surface area contributed by atoms with Gasteiger partial charge in [-0.05, 0) is 53.6 Å². The van der Waals surface area contributed by atoms with Crippen LogP contribution in [0.4, 0.5) is 4.39 Å². The fraction of sp³-hybridized carbons (Fsp3) is 0.310. The van der Waals surface area contributed by atoms with E-state index in [2.05, 4.69) is 0 Å². The molecule has 0 atom stereocenters. The zero-order valence-corrected chi connectivity index (χ0v) is 20.6. The first-order chi connectivity index (χ1) is 17.1. The van der Waals surface area contributed by atoms with Crippen molar-refractivity contribution in [3.8, 4) is 0 Å². The van der Waals surface area contributed by atoms with Gasteiger partial charge in [0.25, 0.3) is 0 Å². The number of thiophene rings is 1. The zero-order chi connectivity index (χ0) is 24.5. The molecular formula is C29H31FN2O2S. The Morgan fingerprint density at radius 1 is 0.914 bits per heavy atom. The Labute approximate surface area is 210 Å². The number of rotatable bonds is 9. The molecular weight excluding hydrogens is 459 g/mol. The molecule has 2 amide bonds. The summed E-state index contributed by atoms with van der Waals surface area (Å²) in [5, 5.41) is 1.99. The van der Waals surface area contributed by atoms with Crippen LogP contribution in [0.3, 0.4) is 0 Å². The number of carbonyl (C=O) groups excluding carboxylic acids is 2. The summed E-state index contributed by atoms with van der Waals surface area (Å²) in [5.74, 6) is -0.536. The molecule has 1 aliphatic rings. The van der Waals surface area contributed by atoms with Crippen molar-refractivity contribution < 1.29 is 14.0 Å². The Bertz CT molecular complexity index is 1110. The Morgan fingerprint density at radius 2 is 1.66 bits per heavy atom. The zero-order valence-electron chi connectivity index (χ0n) is 19.8. The van der Waals surface area contributed by atoms with Gasteiger partial charge in [-0.1, -0.05) is 67.8 Å².